The standard InChI is InChI=1S/C16H10F2N2O2/c17-13-4-3-9(7-14(13)18)12(16(21)22)6-10-8-20-15-11(10)2-1-5-19-15/h1-8H,(H,19,20)(H,21,22). The summed E-state index contributed by atoms with van der Waals surface area (Å²) in [7, 11) is 0. The predicted molar refractivity (Wildman–Crippen MR) is 78.0 cm³/mol. The second-order valence-corrected chi connectivity index (χ2v) is 4.64. The summed E-state index contributed by atoms with van der Waals surface area (Å²) in [6.45, 7) is 0. The average molecular weight is 300 g/mol. The highest BCUT2D eigenvalue weighted by molar-refractivity contribution is 6.21. The third-order valence-electron chi connectivity index (χ3n) is 3.24. The molecule has 110 valence electrons. The number of nitrogens with one attached hydrogen (secondary N) is 1. The van der Waals surface area contributed by atoms with Crippen molar-refractivity contribution in [3.63, 3.8) is 0 Å². The van der Waals surface area contributed by atoms with Gasteiger partial charge in [0.15, 0.2) is 11.6 Å². The quantitative estimate of drug-likeness (QED) is 0.728. The minimum Gasteiger partial charge on any atom is -0.478 e. The zero-order valence-electron chi connectivity index (χ0n) is 11.2. The Hall–Kier alpha value is -3.02. The molecule has 0 aliphatic rings. The summed E-state index contributed by atoms with van der Waals surface area (Å²) in [6.07, 6.45) is 4.62. The van der Waals surface area contributed by atoms with Crippen molar-refractivity contribution in [3.8, 4) is 0 Å². The Kier molecular flexibility index (Phi) is 3.42. The van der Waals surface area contributed by atoms with Crippen LogP contribution in [0.25, 0.3) is 22.7 Å². The van der Waals surface area contributed by atoms with Gasteiger partial charge < -0.3 is 10.1 Å². The molecule has 2 aromatic heterocycles. The number of carboxylic acids is 1. The molecule has 0 bridgehead atoms. The van der Waals surface area contributed by atoms with Crippen molar-refractivity contribution in [1.82, 2.24) is 9.97 Å². The van der Waals surface area contributed by atoms with Crippen molar-refractivity contribution < 1.29 is 18.7 Å². The molecule has 0 aliphatic heterocycles. The molecule has 3 aromatic rings. The van der Waals surface area contributed by atoms with Gasteiger partial charge in [0.25, 0.3) is 0 Å². The van der Waals surface area contributed by atoms with E-state index in [1.54, 1.807) is 24.5 Å². The molecular formula is C16H10F2N2O2. The van der Waals surface area contributed by atoms with Gasteiger partial charge in [0.2, 0.25) is 0 Å². The van der Waals surface area contributed by atoms with Crippen LogP contribution in [0.5, 0.6) is 0 Å². The van der Waals surface area contributed by atoms with Crippen molar-refractivity contribution >= 4 is 28.7 Å². The van der Waals surface area contributed by atoms with Crippen molar-refractivity contribution in [2.45, 2.75) is 0 Å². The zero-order chi connectivity index (χ0) is 15.7. The number of pyridine rings is 1. The highest BCUT2D eigenvalue weighted by atomic mass is 19.2. The number of aliphatic carboxylic acids is 1. The lowest BCUT2D eigenvalue weighted by Gasteiger charge is -2.03. The van der Waals surface area contributed by atoms with Gasteiger partial charge >= 0.3 is 5.97 Å². The number of halogens is 2. The van der Waals surface area contributed by atoms with Gasteiger partial charge in [-0.05, 0) is 35.9 Å². The molecule has 0 saturated carbocycles. The first-order chi connectivity index (χ1) is 10.6. The highest BCUT2D eigenvalue weighted by Gasteiger charge is 2.14. The first-order valence-electron chi connectivity index (χ1n) is 6.39. The van der Waals surface area contributed by atoms with Crippen LogP contribution >= 0.6 is 0 Å². The number of carbonyl (C=O) groups is 1. The van der Waals surface area contributed by atoms with Crippen LogP contribution in [0.4, 0.5) is 8.78 Å². The lowest BCUT2D eigenvalue weighted by atomic mass is 10.0. The fourth-order valence-corrected chi connectivity index (χ4v) is 2.18. The van der Waals surface area contributed by atoms with Crippen molar-refractivity contribution in [2.75, 3.05) is 0 Å². The van der Waals surface area contributed by atoms with Gasteiger partial charge in [-0.1, -0.05) is 6.07 Å². The van der Waals surface area contributed by atoms with Gasteiger partial charge in [0.1, 0.15) is 5.65 Å². The second kappa shape index (κ2) is 5.40. The Morgan fingerprint density at radius 2 is 2.05 bits per heavy atom. The van der Waals surface area contributed by atoms with E-state index in [0.717, 1.165) is 17.5 Å². The summed E-state index contributed by atoms with van der Waals surface area (Å²) < 4.78 is 26.3. The van der Waals surface area contributed by atoms with Gasteiger partial charge in [-0.25, -0.2) is 18.6 Å². The van der Waals surface area contributed by atoms with Crippen molar-refractivity contribution in [3.05, 3.63) is 65.5 Å². The highest BCUT2D eigenvalue weighted by Crippen LogP contribution is 2.24. The van der Waals surface area contributed by atoms with Gasteiger partial charge in [-0.3, -0.25) is 0 Å². The normalized spacial score (nSPS) is 11.8. The number of fused-ring (bicyclic) bond motifs is 1. The van der Waals surface area contributed by atoms with Gasteiger partial charge in [-0.15, -0.1) is 0 Å². The van der Waals surface area contributed by atoms with E-state index in [4.69, 9.17) is 0 Å². The first kappa shape index (κ1) is 13.9. The van der Waals surface area contributed by atoms with E-state index in [9.17, 15) is 18.7 Å². The SMILES string of the molecule is O=C(O)C(=Cc1c[nH]c2ncccc12)c1ccc(F)c(F)c1. The molecule has 0 fully saturated rings. The minimum absolute atomic E-state index is 0.0876. The van der Waals surface area contributed by atoms with E-state index in [1.807, 2.05) is 0 Å². The number of nitrogens with zero attached hydrogens (tertiary/aromatic N) is 1. The predicted octanol–water partition coefficient (Wildman–Crippen LogP) is 3.47. The molecule has 0 atom stereocenters. The van der Waals surface area contributed by atoms with Crippen LogP contribution in [0, 0.1) is 11.6 Å². The average Bonchev–Trinajstić information content (AvgIpc) is 2.91. The summed E-state index contributed by atoms with van der Waals surface area (Å²) in [4.78, 5) is 18.5. The van der Waals surface area contributed by atoms with E-state index in [1.165, 1.54) is 12.1 Å². The summed E-state index contributed by atoms with van der Waals surface area (Å²) in [5.41, 5.74) is 1.17. The van der Waals surface area contributed by atoms with E-state index in [-0.39, 0.29) is 11.1 Å². The number of carboxylic acid groups (broad SMARTS) is 1. The molecule has 0 aliphatic carbocycles. The molecule has 3 rings (SSSR count). The summed E-state index contributed by atoms with van der Waals surface area (Å²) in [5, 5.41) is 10.1. The minimum atomic E-state index is -1.23. The largest absolute Gasteiger partial charge is 0.478 e. The molecule has 2 heterocycles. The first-order valence-corrected chi connectivity index (χ1v) is 6.39. The Morgan fingerprint density at radius 3 is 2.77 bits per heavy atom. The van der Waals surface area contributed by atoms with Crippen LogP contribution in [0.3, 0.4) is 0 Å². The zero-order valence-corrected chi connectivity index (χ0v) is 11.2. The number of rotatable bonds is 3. The molecule has 4 nitrogen and oxygen atoms in total. The van der Waals surface area contributed by atoms with E-state index in [0.29, 0.717) is 11.2 Å². The summed E-state index contributed by atoms with van der Waals surface area (Å²) in [6, 6.07) is 6.51. The molecule has 0 saturated heterocycles. The topological polar surface area (TPSA) is 66.0 Å². The van der Waals surface area contributed by atoms with Crippen molar-refractivity contribution in [1.29, 1.82) is 0 Å². The second-order valence-electron chi connectivity index (χ2n) is 4.64. The Balaban J connectivity index is 2.15. The molecule has 1 aromatic carbocycles. The Bertz CT molecular complexity index is 900. The molecule has 0 amide bonds. The number of hydrogen-bond acceptors (Lipinski definition) is 2. The number of benzene rings is 1. The molecule has 0 spiro atoms. The van der Waals surface area contributed by atoms with Crippen LogP contribution < -0.4 is 0 Å². The number of H-pyrrole nitrogens is 1. The van der Waals surface area contributed by atoms with Gasteiger partial charge in [-0.2, -0.15) is 0 Å². The maximum atomic E-state index is 13.3. The van der Waals surface area contributed by atoms with Gasteiger partial charge in [0, 0.05) is 23.3 Å². The maximum Gasteiger partial charge on any atom is 0.336 e. The lowest BCUT2D eigenvalue weighted by molar-refractivity contribution is -0.130. The van der Waals surface area contributed by atoms with E-state index >= 15 is 0 Å². The van der Waals surface area contributed by atoms with Crippen LogP contribution in [-0.2, 0) is 4.79 Å². The Labute approximate surface area is 123 Å². The molecule has 22 heavy (non-hydrogen) atoms. The maximum absolute atomic E-state index is 13.3. The summed E-state index contributed by atoms with van der Waals surface area (Å²) in [5.74, 6) is -3.35. The molecule has 0 unspecified atom stereocenters. The number of aromatic amines is 1. The molecule has 6 heteroatoms. The molecule has 2 N–H and O–H groups in total. The summed E-state index contributed by atoms with van der Waals surface area (Å²) >= 11 is 0. The third-order valence-corrected chi connectivity index (χ3v) is 3.24. The Morgan fingerprint density at radius 1 is 1.23 bits per heavy atom. The number of aromatic nitrogens is 2. The van der Waals surface area contributed by atoms with Crippen LogP contribution in [-0.4, -0.2) is 21.0 Å². The molecule has 0 radical (unpaired) electrons. The molecular weight excluding hydrogens is 290 g/mol. The smallest absolute Gasteiger partial charge is 0.336 e. The van der Waals surface area contributed by atoms with Gasteiger partial charge in [0.05, 0.1) is 5.57 Å². The van der Waals surface area contributed by atoms with E-state index in [2.05, 4.69) is 9.97 Å². The lowest BCUT2D eigenvalue weighted by Crippen LogP contribution is -2.00. The van der Waals surface area contributed by atoms with Crippen LogP contribution in [0.15, 0.2) is 42.7 Å². The van der Waals surface area contributed by atoms with Crippen molar-refractivity contribution in [2.24, 2.45) is 0 Å². The monoisotopic (exact) mass is 300 g/mol. The van der Waals surface area contributed by atoms with E-state index < -0.39 is 17.6 Å². The fraction of sp³-hybridized carbons (Fsp3) is 0. The van der Waals surface area contributed by atoms with Crippen LogP contribution in [0.1, 0.15) is 11.1 Å². The third kappa shape index (κ3) is 2.46. The van der Waals surface area contributed by atoms with Crippen LogP contribution in [0.2, 0.25) is 0 Å². The fourth-order valence-electron chi connectivity index (χ4n) is 2.18. The number of hydrogen-bond donors (Lipinski definition) is 2.